The number of likely N-dealkylation sites (N-methyl/N-ethyl adjacent to an activating group) is 1. The van der Waals surface area contributed by atoms with Gasteiger partial charge in [-0.25, -0.2) is 0 Å². The van der Waals surface area contributed by atoms with E-state index in [-0.39, 0.29) is 5.91 Å². The molecule has 0 aromatic rings. The number of carbonyl (C=O) groups is 1. The molecule has 0 aliphatic rings. The fourth-order valence-corrected chi connectivity index (χ4v) is 2.75. The number of primary amides is 1. The molecule has 0 saturated carbocycles. The molecule has 0 rings (SSSR count). The Labute approximate surface area is 104 Å². The van der Waals surface area contributed by atoms with E-state index in [1.165, 1.54) is 6.42 Å². The maximum absolute atomic E-state index is 11.3. The van der Waals surface area contributed by atoms with Crippen molar-refractivity contribution in [3.05, 3.63) is 0 Å². The van der Waals surface area contributed by atoms with Gasteiger partial charge in [-0.15, -0.1) is 0 Å². The third-order valence-electron chi connectivity index (χ3n) is 3.15. The van der Waals surface area contributed by atoms with Crippen molar-refractivity contribution < 1.29 is 4.79 Å². The molecule has 1 amide bonds. The molecule has 0 aromatic carbocycles. The second-order valence-corrected chi connectivity index (χ2v) is 6.28. The molecule has 3 atom stereocenters. The highest BCUT2D eigenvalue weighted by Gasteiger charge is 2.30. The molecule has 0 aromatic heterocycles. The maximum atomic E-state index is 11.3. The van der Waals surface area contributed by atoms with E-state index in [1.54, 1.807) is 7.05 Å². The molecule has 3 nitrogen and oxygen atoms in total. The van der Waals surface area contributed by atoms with Crippen LogP contribution in [0, 0.1) is 5.92 Å². The van der Waals surface area contributed by atoms with Gasteiger partial charge in [0.05, 0.1) is 5.54 Å². The lowest BCUT2D eigenvalue weighted by Gasteiger charge is -2.28. The van der Waals surface area contributed by atoms with Crippen molar-refractivity contribution in [2.45, 2.75) is 51.3 Å². The lowest BCUT2D eigenvalue weighted by Crippen LogP contribution is -2.52. The molecule has 16 heavy (non-hydrogen) atoms. The lowest BCUT2D eigenvalue weighted by molar-refractivity contribution is -0.123. The molecule has 0 bridgehead atoms. The van der Waals surface area contributed by atoms with Gasteiger partial charge >= 0.3 is 0 Å². The molecule has 0 fully saturated rings. The number of hydrogen-bond donors (Lipinski definition) is 2. The van der Waals surface area contributed by atoms with Crippen LogP contribution >= 0.6 is 11.8 Å². The number of hydrogen-bond acceptors (Lipinski definition) is 3. The minimum atomic E-state index is -0.581. The molecule has 4 heteroatoms. The smallest absolute Gasteiger partial charge is 0.237 e. The Morgan fingerprint density at radius 2 is 2.06 bits per heavy atom. The summed E-state index contributed by atoms with van der Waals surface area (Å²) in [6, 6.07) is 0. The molecular formula is C12H26N2OS. The van der Waals surface area contributed by atoms with Gasteiger partial charge in [-0.3, -0.25) is 4.79 Å². The summed E-state index contributed by atoms with van der Waals surface area (Å²) < 4.78 is 0. The van der Waals surface area contributed by atoms with E-state index in [9.17, 15) is 4.79 Å². The highest BCUT2D eigenvalue weighted by atomic mass is 32.2. The molecule has 0 aliphatic heterocycles. The normalized spacial score (nSPS) is 18.8. The fraction of sp³-hybridized carbons (Fsp3) is 0.917. The van der Waals surface area contributed by atoms with Crippen molar-refractivity contribution >= 4 is 17.7 Å². The predicted molar refractivity (Wildman–Crippen MR) is 72.7 cm³/mol. The van der Waals surface area contributed by atoms with Gasteiger partial charge in [-0.05, 0) is 32.1 Å². The first-order chi connectivity index (χ1) is 7.35. The van der Waals surface area contributed by atoms with Crippen molar-refractivity contribution in [3.63, 3.8) is 0 Å². The number of rotatable bonds is 8. The number of nitrogens with one attached hydrogen (secondary N) is 1. The topological polar surface area (TPSA) is 55.1 Å². The monoisotopic (exact) mass is 246 g/mol. The Hall–Kier alpha value is -0.220. The zero-order valence-corrected chi connectivity index (χ0v) is 12.0. The Morgan fingerprint density at radius 3 is 2.44 bits per heavy atom. The van der Waals surface area contributed by atoms with Gasteiger partial charge in [-0.1, -0.05) is 27.2 Å². The van der Waals surface area contributed by atoms with Crippen LogP contribution in [0.3, 0.4) is 0 Å². The molecule has 3 unspecified atom stereocenters. The summed E-state index contributed by atoms with van der Waals surface area (Å²) in [5.41, 5.74) is 4.82. The van der Waals surface area contributed by atoms with E-state index < -0.39 is 5.54 Å². The summed E-state index contributed by atoms with van der Waals surface area (Å²) in [4.78, 5) is 11.3. The van der Waals surface area contributed by atoms with Crippen LogP contribution in [-0.4, -0.2) is 29.5 Å². The van der Waals surface area contributed by atoms with Crippen molar-refractivity contribution in [2.75, 3.05) is 12.8 Å². The van der Waals surface area contributed by atoms with Crippen LogP contribution in [0.25, 0.3) is 0 Å². The van der Waals surface area contributed by atoms with E-state index in [2.05, 4.69) is 26.1 Å². The highest BCUT2D eigenvalue weighted by Crippen LogP contribution is 2.24. The summed E-state index contributed by atoms with van der Waals surface area (Å²) in [5.74, 6) is 1.61. The summed E-state index contributed by atoms with van der Waals surface area (Å²) in [6.07, 6.45) is 1.98. The molecule has 0 spiro atoms. The van der Waals surface area contributed by atoms with Crippen LogP contribution in [0.4, 0.5) is 0 Å². The van der Waals surface area contributed by atoms with Crippen molar-refractivity contribution in [2.24, 2.45) is 11.7 Å². The first kappa shape index (κ1) is 15.8. The van der Waals surface area contributed by atoms with E-state index in [4.69, 9.17) is 5.73 Å². The first-order valence-electron chi connectivity index (χ1n) is 5.96. The fourth-order valence-electron chi connectivity index (χ4n) is 1.41. The second kappa shape index (κ2) is 7.17. The maximum Gasteiger partial charge on any atom is 0.237 e. The van der Waals surface area contributed by atoms with Crippen molar-refractivity contribution in [3.8, 4) is 0 Å². The Kier molecular flexibility index (Phi) is 7.07. The quantitative estimate of drug-likeness (QED) is 0.689. The molecular weight excluding hydrogens is 220 g/mol. The van der Waals surface area contributed by atoms with Crippen LogP contribution in [0.2, 0.25) is 0 Å². The Morgan fingerprint density at radius 1 is 1.50 bits per heavy atom. The number of amides is 1. The predicted octanol–water partition coefficient (Wildman–Crippen LogP) is 2.01. The van der Waals surface area contributed by atoms with Gasteiger partial charge in [0, 0.05) is 5.25 Å². The van der Waals surface area contributed by atoms with Gasteiger partial charge in [0.25, 0.3) is 0 Å². The van der Waals surface area contributed by atoms with E-state index >= 15 is 0 Å². The van der Waals surface area contributed by atoms with E-state index in [0.717, 1.165) is 18.1 Å². The zero-order valence-electron chi connectivity index (χ0n) is 11.2. The second-order valence-electron chi connectivity index (χ2n) is 4.81. The minimum Gasteiger partial charge on any atom is -0.368 e. The summed E-state index contributed by atoms with van der Waals surface area (Å²) in [6.45, 7) is 8.49. The standard InChI is InChI=1S/C12H26N2OS/c1-6-9(2)8-16-10(3)7-12(4,14-5)11(13)15/h9-10,14H,6-8H2,1-5H3,(H2,13,15). The van der Waals surface area contributed by atoms with Gasteiger partial charge in [-0.2, -0.15) is 11.8 Å². The van der Waals surface area contributed by atoms with Crippen LogP contribution in [0.15, 0.2) is 0 Å². The van der Waals surface area contributed by atoms with Crippen LogP contribution < -0.4 is 11.1 Å². The van der Waals surface area contributed by atoms with Crippen LogP contribution in [0.5, 0.6) is 0 Å². The van der Waals surface area contributed by atoms with Crippen LogP contribution in [0.1, 0.15) is 40.5 Å². The Bertz CT molecular complexity index is 223. The van der Waals surface area contributed by atoms with Gasteiger partial charge in [0.2, 0.25) is 5.91 Å². The van der Waals surface area contributed by atoms with E-state index in [1.807, 2.05) is 18.7 Å². The van der Waals surface area contributed by atoms with Gasteiger partial charge < -0.3 is 11.1 Å². The van der Waals surface area contributed by atoms with Crippen LogP contribution in [-0.2, 0) is 4.79 Å². The summed E-state index contributed by atoms with van der Waals surface area (Å²) >= 11 is 1.92. The molecule has 0 radical (unpaired) electrons. The summed E-state index contributed by atoms with van der Waals surface area (Å²) in [5, 5.41) is 3.47. The molecule has 0 aliphatic carbocycles. The third-order valence-corrected chi connectivity index (χ3v) is 4.65. The average molecular weight is 246 g/mol. The first-order valence-corrected chi connectivity index (χ1v) is 7.01. The van der Waals surface area contributed by atoms with Crippen molar-refractivity contribution in [1.82, 2.24) is 5.32 Å². The number of carbonyl (C=O) groups excluding carboxylic acids is 1. The molecule has 3 N–H and O–H groups in total. The largest absolute Gasteiger partial charge is 0.368 e. The minimum absolute atomic E-state index is 0.272. The zero-order chi connectivity index (χ0) is 12.8. The average Bonchev–Trinajstić information content (AvgIpc) is 2.25. The Balaban J connectivity index is 4.11. The molecule has 96 valence electrons. The number of nitrogens with two attached hydrogens (primary N) is 1. The van der Waals surface area contributed by atoms with Gasteiger partial charge in [0.1, 0.15) is 0 Å². The highest BCUT2D eigenvalue weighted by molar-refractivity contribution is 7.99. The SMILES string of the molecule is CCC(C)CSC(C)CC(C)(NC)C(N)=O. The van der Waals surface area contributed by atoms with E-state index in [0.29, 0.717) is 5.25 Å². The molecule has 0 heterocycles. The third kappa shape index (κ3) is 5.21. The molecule has 0 saturated heterocycles. The lowest BCUT2D eigenvalue weighted by atomic mass is 9.95. The number of thioether (sulfide) groups is 1. The van der Waals surface area contributed by atoms with Crippen molar-refractivity contribution in [1.29, 1.82) is 0 Å². The summed E-state index contributed by atoms with van der Waals surface area (Å²) in [7, 11) is 1.79. The van der Waals surface area contributed by atoms with Gasteiger partial charge in [0.15, 0.2) is 0 Å².